The van der Waals surface area contributed by atoms with Crippen LogP contribution in [0, 0.1) is 0 Å². The van der Waals surface area contributed by atoms with E-state index in [0.717, 1.165) is 0 Å². The summed E-state index contributed by atoms with van der Waals surface area (Å²) >= 11 is 6.19. The van der Waals surface area contributed by atoms with Crippen molar-refractivity contribution in [2.75, 3.05) is 6.61 Å². The van der Waals surface area contributed by atoms with Crippen molar-refractivity contribution in [2.45, 2.75) is 71.4 Å². The van der Waals surface area contributed by atoms with Crippen LogP contribution < -0.4 is 0 Å². The molecule has 2 aromatic heterocycles. The number of ether oxygens (including phenoxy) is 4. The zero-order valence-corrected chi connectivity index (χ0v) is 20.9. The van der Waals surface area contributed by atoms with Gasteiger partial charge < -0.3 is 23.9 Å². The highest BCUT2D eigenvalue weighted by atomic mass is 35.5. The number of aromatic amines is 1. The molecular weight excluding hydrogens is 484 g/mol. The van der Waals surface area contributed by atoms with Crippen LogP contribution in [0.1, 0.15) is 53.1 Å². The summed E-state index contributed by atoms with van der Waals surface area (Å²) < 4.78 is 21.9. The predicted molar refractivity (Wildman–Crippen MR) is 121 cm³/mol. The Balaban J connectivity index is 2.23. The lowest BCUT2D eigenvalue weighted by Gasteiger charge is -2.32. The van der Waals surface area contributed by atoms with E-state index in [4.69, 9.17) is 30.5 Å². The number of fused-ring (bicyclic) bond motifs is 1. The number of hydrogen-bond donors (Lipinski definition) is 1. The van der Waals surface area contributed by atoms with Crippen LogP contribution in [-0.2, 0) is 33.3 Å². The summed E-state index contributed by atoms with van der Waals surface area (Å²) in [5.41, 5.74) is 0.261. The molecule has 0 unspecified atom stereocenters. The fourth-order valence-corrected chi connectivity index (χ4v) is 4.19. The van der Waals surface area contributed by atoms with Crippen molar-refractivity contribution in [3.63, 3.8) is 0 Å². The highest BCUT2D eigenvalue weighted by Gasteiger charge is 2.57. The molecule has 1 saturated heterocycles. The van der Waals surface area contributed by atoms with Gasteiger partial charge in [0.25, 0.3) is 0 Å². The van der Waals surface area contributed by atoms with Gasteiger partial charge in [-0.05, 0) is 20.8 Å². The van der Waals surface area contributed by atoms with Gasteiger partial charge in [0.05, 0.1) is 5.52 Å². The standard InChI is InChI=1S/C22H27ClN4O8/c1-10(28)32-8-14-18(33-11(2)29)19(34-12(3)30)17(27(14)21(31)35-22(4,5)6)13-7-24-16-15(13)25-9-26-20(16)23/h7,9,14,17-19,24H,8H2,1-6H3/t14-,17+,18+,19+/m1/s1. The lowest BCUT2D eigenvalue weighted by atomic mass is 10.0. The van der Waals surface area contributed by atoms with Gasteiger partial charge in [0.2, 0.25) is 0 Å². The van der Waals surface area contributed by atoms with Crippen molar-refractivity contribution >= 4 is 46.6 Å². The summed E-state index contributed by atoms with van der Waals surface area (Å²) in [6, 6.07) is -2.09. The SMILES string of the molecule is CC(=O)OC[C@@H]1[C@H](OC(C)=O)[C@@H](OC(C)=O)[C@H](c2c[nH]c3c(Cl)ncnc23)N1C(=O)OC(C)(C)C. The van der Waals surface area contributed by atoms with Gasteiger partial charge in [-0.2, -0.15) is 0 Å². The van der Waals surface area contributed by atoms with E-state index in [-0.39, 0.29) is 11.8 Å². The molecule has 3 rings (SSSR count). The lowest BCUT2D eigenvalue weighted by molar-refractivity contribution is -0.165. The first-order valence-corrected chi connectivity index (χ1v) is 11.1. The number of amides is 1. The summed E-state index contributed by atoms with van der Waals surface area (Å²) in [6.45, 7) is 8.27. The number of halogens is 1. The zero-order valence-electron chi connectivity index (χ0n) is 20.2. The van der Waals surface area contributed by atoms with Gasteiger partial charge in [0, 0.05) is 32.5 Å². The molecule has 1 amide bonds. The van der Waals surface area contributed by atoms with Gasteiger partial charge in [-0.15, -0.1) is 0 Å². The Morgan fingerprint density at radius 3 is 2.23 bits per heavy atom. The largest absolute Gasteiger partial charge is 0.464 e. The molecule has 0 aliphatic carbocycles. The second-order valence-corrected chi connectivity index (χ2v) is 9.34. The van der Waals surface area contributed by atoms with Crippen molar-refractivity contribution in [1.29, 1.82) is 0 Å². The number of nitrogens with one attached hydrogen (secondary N) is 1. The molecule has 1 aliphatic heterocycles. The van der Waals surface area contributed by atoms with Gasteiger partial charge >= 0.3 is 24.0 Å². The summed E-state index contributed by atoms with van der Waals surface area (Å²) in [6.07, 6.45) is -0.383. The molecule has 0 bridgehead atoms. The van der Waals surface area contributed by atoms with Crippen LogP contribution in [-0.4, -0.2) is 74.3 Å². The van der Waals surface area contributed by atoms with E-state index in [9.17, 15) is 19.2 Å². The number of carbonyl (C=O) groups excluding carboxylic acids is 4. The predicted octanol–water partition coefficient (Wildman–Crippen LogP) is 2.70. The Morgan fingerprint density at radius 1 is 1.03 bits per heavy atom. The number of rotatable bonds is 5. The minimum absolute atomic E-state index is 0.139. The third-order valence-corrected chi connectivity index (χ3v) is 5.39. The molecule has 3 heterocycles. The first kappa shape index (κ1) is 26.2. The molecule has 13 heteroatoms. The second kappa shape index (κ2) is 10.1. The van der Waals surface area contributed by atoms with Crippen molar-refractivity contribution < 1.29 is 38.1 Å². The van der Waals surface area contributed by atoms with Gasteiger partial charge in [-0.25, -0.2) is 14.8 Å². The maximum absolute atomic E-state index is 13.5. The van der Waals surface area contributed by atoms with E-state index in [1.807, 2.05) is 0 Å². The van der Waals surface area contributed by atoms with Gasteiger partial charge in [0.15, 0.2) is 17.4 Å². The molecule has 0 radical (unpaired) electrons. The van der Waals surface area contributed by atoms with Crippen LogP contribution in [0.4, 0.5) is 4.79 Å². The van der Waals surface area contributed by atoms with Crippen LogP contribution in [0.3, 0.4) is 0 Å². The van der Waals surface area contributed by atoms with E-state index in [1.165, 1.54) is 32.0 Å². The molecule has 12 nitrogen and oxygen atoms in total. The van der Waals surface area contributed by atoms with Crippen LogP contribution in [0.15, 0.2) is 12.5 Å². The Hall–Kier alpha value is -3.41. The Labute approximate surface area is 206 Å². The smallest absolute Gasteiger partial charge is 0.411 e. The van der Waals surface area contributed by atoms with Crippen molar-refractivity contribution in [3.05, 3.63) is 23.2 Å². The van der Waals surface area contributed by atoms with E-state index < -0.39 is 53.9 Å². The highest BCUT2D eigenvalue weighted by molar-refractivity contribution is 6.33. The molecule has 4 atom stereocenters. The third kappa shape index (κ3) is 5.81. The van der Waals surface area contributed by atoms with Crippen LogP contribution >= 0.6 is 11.6 Å². The molecule has 2 aromatic rings. The fourth-order valence-electron chi connectivity index (χ4n) is 4.00. The summed E-state index contributed by atoms with van der Waals surface area (Å²) in [5, 5.41) is 0.139. The topological polar surface area (TPSA) is 150 Å². The quantitative estimate of drug-likeness (QED) is 0.361. The number of carbonyl (C=O) groups is 4. The first-order chi connectivity index (χ1) is 16.3. The van der Waals surface area contributed by atoms with E-state index in [1.54, 1.807) is 27.0 Å². The third-order valence-electron chi connectivity index (χ3n) is 5.10. The summed E-state index contributed by atoms with van der Waals surface area (Å²) in [7, 11) is 0. The lowest BCUT2D eigenvalue weighted by Crippen LogP contribution is -2.47. The van der Waals surface area contributed by atoms with Gasteiger partial charge in [-0.3, -0.25) is 19.3 Å². The van der Waals surface area contributed by atoms with Crippen molar-refractivity contribution in [2.24, 2.45) is 0 Å². The number of likely N-dealkylation sites (tertiary alicyclic amines) is 1. The molecule has 0 saturated carbocycles. The maximum atomic E-state index is 13.5. The van der Waals surface area contributed by atoms with Crippen LogP contribution in [0.2, 0.25) is 5.15 Å². The molecular formula is C22H27ClN4O8. The number of esters is 3. The maximum Gasteiger partial charge on any atom is 0.411 e. The number of nitrogens with zero attached hydrogens (tertiary/aromatic N) is 3. The monoisotopic (exact) mass is 510 g/mol. The minimum Gasteiger partial charge on any atom is -0.464 e. The molecule has 1 N–H and O–H groups in total. The second-order valence-electron chi connectivity index (χ2n) is 8.98. The Bertz CT molecular complexity index is 1140. The fraction of sp³-hybridized carbons (Fsp3) is 0.545. The number of H-pyrrole nitrogens is 1. The van der Waals surface area contributed by atoms with E-state index in [0.29, 0.717) is 16.6 Å². The minimum atomic E-state index is -1.18. The first-order valence-electron chi connectivity index (χ1n) is 10.8. The van der Waals surface area contributed by atoms with Crippen molar-refractivity contribution in [3.8, 4) is 0 Å². The zero-order chi connectivity index (χ0) is 26.1. The Morgan fingerprint density at radius 2 is 1.66 bits per heavy atom. The molecule has 190 valence electrons. The average Bonchev–Trinajstić information content (AvgIpc) is 3.25. The molecule has 35 heavy (non-hydrogen) atoms. The molecule has 1 fully saturated rings. The summed E-state index contributed by atoms with van der Waals surface area (Å²) in [5.74, 6) is -1.98. The Kier molecular flexibility index (Phi) is 7.53. The summed E-state index contributed by atoms with van der Waals surface area (Å²) in [4.78, 5) is 61.7. The number of aromatic nitrogens is 3. The van der Waals surface area contributed by atoms with E-state index >= 15 is 0 Å². The number of hydrogen-bond acceptors (Lipinski definition) is 10. The van der Waals surface area contributed by atoms with Gasteiger partial charge in [0.1, 0.15) is 36.1 Å². The van der Waals surface area contributed by atoms with Crippen LogP contribution in [0.25, 0.3) is 11.0 Å². The van der Waals surface area contributed by atoms with Crippen molar-refractivity contribution in [1.82, 2.24) is 19.9 Å². The van der Waals surface area contributed by atoms with Crippen LogP contribution in [0.5, 0.6) is 0 Å². The van der Waals surface area contributed by atoms with Gasteiger partial charge in [-0.1, -0.05) is 11.6 Å². The average molecular weight is 511 g/mol. The highest BCUT2D eigenvalue weighted by Crippen LogP contribution is 2.43. The molecule has 1 aliphatic rings. The molecule has 0 aromatic carbocycles. The van der Waals surface area contributed by atoms with E-state index in [2.05, 4.69) is 15.0 Å². The normalized spacial score (nSPS) is 22.1. The molecule has 0 spiro atoms.